The van der Waals surface area contributed by atoms with Crippen LogP contribution in [-0.2, 0) is 14.3 Å². The molecule has 7 nitrogen and oxygen atoms in total. The molecule has 1 heterocycles. The number of hydrogen-bond acceptors (Lipinski definition) is 5. The molecule has 0 aliphatic carbocycles. The van der Waals surface area contributed by atoms with E-state index in [4.69, 9.17) is 4.74 Å². The molecule has 0 bridgehead atoms. The molecule has 25 heavy (non-hydrogen) atoms. The van der Waals surface area contributed by atoms with E-state index >= 15 is 0 Å². The quantitative estimate of drug-likeness (QED) is 0.342. The van der Waals surface area contributed by atoms with Crippen LogP contribution < -0.4 is 0 Å². The highest BCUT2D eigenvalue weighted by molar-refractivity contribution is 5.96. The molecular formula is C18H20N2O5. The minimum Gasteiger partial charge on any atom is -0.463 e. The van der Waals surface area contributed by atoms with Gasteiger partial charge in [0.15, 0.2) is 0 Å². The van der Waals surface area contributed by atoms with Crippen molar-refractivity contribution < 1.29 is 19.2 Å². The minimum atomic E-state index is -0.576. The zero-order chi connectivity index (χ0) is 18.6. The summed E-state index contributed by atoms with van der Waals surface area (Å²) < 4.78 is 5.15. The molecule has 1 unspecified atom stereocenters. The Morgan fingerprint density at radius 3 is 2.84 bits per heavy atom. The molecule has 2 rings (SSSR count). The van der Waals surface area contributed by atoms with E-state index < -0.39 is 16.8 Å². The van der Waals surface area contributed by atoms with E-state index in [2.05, 4.69) is 6.58 Å². The Kier molecular flexibility index (Phi) is 5.69. The van der Waals surface area contributed by atoms with Gasteiger partial charge >= 0.3 is 5.97 Å². The SMILES string of the molecule is C=CCN1C(=O)CC(c2cccc([N+](=O)[O-])c2)C(C(=O)OCC)=C1C. The summed E-state index contributed by atoms with van der Waals surface area (Å²) in [6.07, 6.45) is 1.62. The summed E-state index contributed by atoms with van der Waals surface area (Å²) in [5.41, 5.74) is 1.30. The van der Waals surface area contributed by atoms with Crippen molar-refractivity contribution in [1.29, 1.82) is 0 Å². The molecule has 7 heteroatoms. The molecule has 0 N–H and O–H groups in total. The highest BCUT2D eigenvalue weighted by Crippen LogP contribution is 2.37. The normalized spacial score (nSPS) is 17.4. The second kappa shape index (κ2) is 7.74. The van der Waals surface area contributed by atoms with Gasteiger partial charge in [0.1, 0.15) is 0 Å². The Labute approximate surface area is 145 Å². The van der Waals surface area contributed by atoms with Crippen molar-refractivity contribution in [1.82, 2.24) is 4.90 Å². The molecule has 0 spiro atoms. The summed E-state index contributed by atoms with van der Waals surface area (Å²) >= 11 is 0. The number of amides is 1. The van der Waals surface area contributed by atoms with Gasteiger partial charge in [-0.25, -0.2) is 4.79 Å². The van der Waals surface area contributed by atoms with Gasteiger partial charge in [-0.2, -0.15) is 0 Å². The standard InChI is InChI=1S/C18H20N2O5/c1-4-9-19-12(3)17(18(22)25-5-2)15(11-16(19)21)13-7-6-8-14(10-13)20(23)24/h4,6-8,10,15H,1,5,9,11H2,2-3H3. The maximum Gasteiger partial charge on any atom is 0.336 e. The number of carbonyl (C=O) groups excluding carboxylic acids is 2. The number of allylic oxidation sites excluding steroid dienone is 1. The minimum absolute atomic E-state index is 0.0422. The van der Waals surface area contributed by atoms with Crippen molar-refractivity contribution in [3.05, 3.63) is 63.9 Å². The predicted octanol–water partition coefficient (Wildman–Crippen LogP) is 2.93. The van der Waals surface area contributed by atoms with E-state index in [1.54, 1.807) is 32.1 Å². The van der Waals surface area contributed by atoms with Crippen LogP contribution in [0.15, 0.2) is 48.2 Å². The van der Waals surface area contributed by atoms with E-state index in [0.29, 0.717) is 16.8 Å². The number of nitrogens with zero attached hydrogens (tertiary/aromatic N) is 2. The first-order chi connectivity index (χ1) is 11.9. The van der Waals surface area contributed by atoms with Crippen LogP contribution in [0.2, 0.25) is 0 Å². The van der Waals surface area contributed by atoms with Crippen LogP contribution in [0.5, 0.6) is 0 Å². The lowest BCUT2D eigenvalue weighted by molar-refractivity contribution is -0.384. The number of rotatable bonds is 6. The summed E-state index contributed by atoms with van der Waals surface area (Å²) in [5, 5.41) is 11.0. The zero-order valence-electron chi connectivity index (χ0n) is 14.2. The average molecular weight is 344 g/mol. The Bertz CT molecular complexity index is 754. The van der Waals surface area contributed by atoms with Gasteiger partial charge in [-0.1, -0.05) is 18.2 Å². The van der Waals surface area contributed by atoms with Gasteiger partial charge in [0.2, 0.25) is 5.91 Å². The zero-order valence-corrected chi connectivity index (χ0v) is 14.2. The van der Waals surface area contributed by atoms with Gasteiger partial charge in [-0.15, -0.1) is 6.58 Å². The highest BCUT2D eigenvalue weighted by atomic mass is 16.6. The number of non-ortho nitro benzene ring substituents is 1. The topological polar surface area (TPSA) is 89.8 Å². The average Bonchev–Trinajstić information content (AvgIpc) is 2.58. The molecule has 0 aromatic heterocycles. The van der Waals surface area contributed by atoms with Gasteiger partial charge in [-0.3, -0.25) is 14.9 Å². The Balaban J connectivity index is 2.56. The lowest BCUT2D eigenvalue weighted by Crippen LogP contribution is -2.38. The molecule has 1 aliphatic heterocycles. The van der Waals surface area contributed by atoms with Crippen LogP contribution in [0.25, 0.3) is 0 Å². The number of nitro groups is 1. The molecule has 1 amide bonds. The summed E-state index contributed by atoms with van der Waals surface area (Å²) in [4.78, 5) is 37.0. The molecule has 0 fully saturated rings. The van der Waals surface area contributed by atoms with Crippen LogP contribution >= 0.6 is 0 Å². The number of benzene rings is 1. The van der Waals surface area contributed by atoms with E-state index in [0.717, 1.165) is 0 Å². The van der Waals surface area contributed by atoms with Crippen LogP contribution in [0.4, 0.5) is 5.69 Å². The Morgan fingerprint density at radius 1 is 1.52 bits per heavy atom. The highest BCUT2D eigenvalue weighted by Gasteiger charge is 2.36. The summed E-state index contributed by atoms with van der Waals surface area (Å²) in [5.74, 6) is -1.26. The first kappa shape index (κ1) is 18.4. The third kappa shape index (κ3) is 3.76. The summed E-state index contributed by atoms with van der Waals surface area (Å²) in [6, 6.07) is 6.00. The molecule has 132 valence electrons. The van der Waals surface area contributed by atoms with Crippen LogP contribution in [-0.4, -0.2) is 34.9 Å². The lowest BCUT2D eigenvalue weighted by Gasteiger charge is -2.33. The maximum atomic E-state index is 12.5. The third-order valence-corrected chi connectivity index (χ3v) is 4.11. The first-order valence-corrected chi connectivity index (χ1v) is 7.94. The smallest absolute Gasteiger partial charge is 0.336 e. The maximum absolute atomic E-state index is 12.5. The number of carbonyl (C=O) groups is 2. The summed E-state index contributed by atoms with van der Waals surface area (Å²) in [7, 11) is 0. The van der Waals surface area contributed by atoms with E-state index in [-0.39, 0.29) is 31.2 Å². The summed E-state index contributed by atoms with van der Waals surface area (Å²) in [6.45, 7) is 7.50. The van der Waals surface area contributed by atoms with E-state index in [1.165, 1.54) is 17.0 Å². The van der Waals surface area contributed by atoms with E-state index in [1.807, 2.05) is 0 Å². The Morgan fingerprint density at radius 2 is 2.24 bits per heavy atom. The fourth-order valence-electron chi connectivity index (χ4n) is 2.98. The van der Waals surface area contributed by atoms with Gasteiger partial charge < -0.3 is 9.64 Å². The third-order valence-electron chi connectivity index (χ3n) is 4.11. The predicted molar refractivity (Wildman–Crippen MR) is 91.7 cm³/mol. The number of nitro benzene ring substituents is 1. The molecule has 1 aromatic rings. The molecule has 1 aliphatic rings. The fraction of sp³-hybridized carbons (Fsp3) is 0.333. The van der Waals surface area contributed by atoms with Crippen molar-refractivity contribution in [2.24, 2.45) is 0 Å². The lowest BCUT2D eigenvalue weighted by atomic mass is 9.83. The van der Waals surface area contributed by atoms with Gasteiger partial charge in [0.25, 0.3) is 5.69 Å². The number of hydrogen-bond donors (Lipinski definition) is 0. The van der Waals surface area contributed by atoms with Crippen LogP contribution in [0.1, 0.15) is 31.7 Å². The molecule has 0 radical (unpaired) electrons. The first-order valence-electron chi connectivity index (χ1n) is 7.94. The molecule has 1 aromatic carbocycles. The molecule has 0 saturated heterocycles. The van der Waals surface area contributed by atoms with Crippen molar-refractivity contribution in [3.63, 3.8) is 0 Å². The number of esters is 1. The van der Waals surface area contributed by atoms with Crippen molar-refractivity contribution in [3.8, 4) is 0 Å². The molecule has 0 saturated carbocycles. The second-order valence-electron chi connectivity index (χ2n) is 5.62. The fourth-order valence-corrected chi connectivity index (χ4v) is 2.98. The van der Waals surface area contributed by atoms with Gasteiger partial charge in [0.05, 0.1) is 17.1 Å². The number of ether oxygens (including phenoxy) is 1. The van der Waals surface area contributed by atoms with Crippen molar-refractivity contribution >= 4 is 17.6 Å². The van der Waals surface area contributed by atoms with Crippen molar-refractivity contribution in [2.45, 2.75) is 26.2 Å². The molecular weight excluding hydrogens is 324 g/mol. The van der Waals surface area contributed by atoms with Crippen LogP contribution in [0, 0.1) is 10.1 Å². The molecule has 1 atom stereocenters. The Hall–Kier alpha value is -2.96. The van der Waals surface area contributed by atoms with E-state index in [9.17, 15) is 19.7 Å². The van der Waals surface area contributed by atoms with Gasteiger partial charge in [0, 0.05) is 36.7 Å². The van der Waals surface area contributed by atoms with Gasteiger partial charge in [-0.05, 0) is 19.4 Å². The van der Waals surface area contributed by atoms with Crippen LogP contribution in [0.3, 0.4) is 0 Å². The second-order valence-corrected chi connectivity index (χ2v) is 5.62. The largest absolute Gasteiger partial charge is 0.463 e. The monoisotopic (exact) mass is 344 g/mol. The van der Waals surface area contributed by atoms with Crippen molar-refractivity contribution in [2.75, 3.05) is 13.2 Å².